The molecule has 3 heteroatoms. The lowest BCUT2D eigenvalue weighted by Crippen LogP contribution is -2.42. The Morgan fingerprint density at radius 1 is 1.39 bits per heavy atom. The molecule has 0 aliphatic rings. The minimum absolute atomic E-state index is 0.501. The van der Waals surface area contributed by atoms with E-state index in [1.165, 1.54) is 0 Å². The zero-order chi connectivity index (χ0) is 13.4. The van der Waals surface area contributed by atoms with Gasteiger partial charge in [0.15, 0.2) is 0 Å². The zero-order valence-corrected chi connectivity index (χ0v) is 11.5. The van der Waals surface area contributed by atoms with Crippen LogP contribution < -0.4 is 10.1 Å². The Kier molecular flexibility index (Phi) is 5.67. The van der Waals surface area contributed by atoms with Crippen LogP contribution in [0.25, 0.3) is 0 Å². The molecule has 3 nitrogen and oxygen atoms in total. The second-order valence-corrected chi connectivity index (χ2v) is 4.73. The van der Waals surface area contributed by atoms with Crippen LogP contribution in [0, 0.1) is 18.3 Å². The maximum absolute atomic E-state index is 9.20. The molecule has 0 spiro atoms. The summed E-state index contributed by atoms with van der Waals surface area (Å²) in [4.78, 5) is 0. The SMILES string of the molecule is CCCNC(C)(C#N)CCOc1ccccc1C. The average molecular weight is 246 g/mol. The van der Waals surface area contributed by atoms with Crippen molar-refractivity contribution in [3.05, 3.63) is 29.8 Å². The van der Waals surface area contributed by atoms with E-state index in [9.17, 15) is 5.26 Å². The first-order chi connectivity index (χ1) is 8.61. The number of ether oxygens (including phenoxy) is 1. The molecule has 0 saturated carbocycles. The molecule has 1 aromatic rings. The van der Waals surface area contributed by atoms with Gasteiger partial charge >= 0.3 is 0 Å². The molecular weight excluding hydrogens is 224 g/mol. The fraction of sp³-hybridized carbons (Fsp3) is 0.533. The van der Waals surface area contributed by atoms with E-state index in [-0.39, 0.29) is 0 Å². The molecule has 1 unspecified atom stereocenters. The molecule has 98 valence electrons. The molecule has 0 saturated heterocycles. The van der Waals surface area contributed by atoms with Crippen LogP contribution in [0.5, 0.6) is 5.75 Å². The number of hydrogen-bond donors (Lipinski definition) is 1. The molecule has 0 amide bonds. The first kappa shape index (κ1) is 14.5. The highest BCUT2D eigenvalue weighted by Crippen LogP contribution is 2.17. The Labute approximate surface area is 110 Å². The van der Waals surface area contributed by atoms with Gasteiger partial charge in [0.2, 0.25) is 0 Å². The summed E-state index contributed by atoms with van der Waals surface area (Å²) in [5, 5.41) is 12.5. The molecule has 1 aromatic carbocycles. The van der Waals surface area contributed by atoms with E-state index < -0.39 is 5.54 Å². The van der Waals surface area contributed by atoms with Crippen LogP contribution >= 0.6 is 0 Å². The molecule has 1 N–H and O–H groups in total. The standard InChI is InChI=1S/C15H22N2O/c1-4-10-17-15(3,12-16)9-11-18-14-8-6-5-7-13(14)2/h5-8,17H,4,9-11H2,1-3H3. The van der Waals surface area contributed by atoms with E-state index >= 15 is 0 Å². The van der Waals surface area contributed by atoms with Crippen LogP contribution in [0.15, 0.2) is 24.3 Å². The third kappa shape index (κ3) is 4.38. The summed E-state index contributed by atoms with van der Waals surface area (Å²) in [5.41, 5.74) is 0.622. The number of aryl methyl sites for hydroxylation is 1. The second-order valence-electron chi connectivity index (χ2n) is 4.73. The van der Waals surface area contributed by atoms with E-state index in [0.29, 0.717) is 13.0 Å². The van der Waals surface area contributed by atoms with Gasteiger partial charge in [-0.15, -0.1) is 0 Å². The highest BCUT2D eigenvalue weighted by Gasteiger charge is 2.22. The van der Waals surface area contributed by atoms with Crippen molar-refractivity contribution in [3.63, 3.8) is 0 Å². The number of hydrogen-bond acceptors (Lipinski definition) is 3. The van der Waals surface area contributed by atoms with Crippen LogP contribution in [-0.2, 0) is 0 Å². The Balaban J connectivity index is 2.45. The molecule has 0 bridgehead atoms. The number of nitrogens with zero attached hydrogens (tertiary/aromatic N) is 1. The van der Waals surface area contributed by atoms with Gasteiger partial charge in [-0.1, -0.05) is 25.1 Å². The molecule has 0 aliphatic carbocycles. The van der Waals surface area contributed by atoms with Gasteiger partial charge in [0.1, 0.15) is 11.3 Å². The van der Waals surface area contributed by atoms with Crippen molar-refractivity contribution in [2.75, 3.05) is 13.2 Å². The van der Waals surface area contributed by atoms with E-state index in [1.54, 1.807) is 0 Å². The summed E-state index contributed by atoms with van der Waals surface area (Å²) in [6.45, 7) is 7.44. The fourth-order valence-corrected chi connectivity index (χ4v) is 1.67. The Morgan fingerprint density at radius 2 is 2.11 bits per heavy atom. The molecule has 0 heterocycles. The Bertz CT molecular complexity index is 411. The van der Waals surface area contributed by atoms with Crippen molar-refractivity contribution in [3.8, 4) is 11.8 Å². The second kappa shape index (κ2) is 7.03. The quantitative estimate of drug-likeness (QED) is 0.804. The van der Waals surface area contributed by atoms with Gasteiger partial charge in [0.25, 0.3) is 0 Å². The monoisotopic (exact) mass is 246 g/mol. The smallest absolute Gasteiger partial charge is 0.122 e. The predicted octanol–water partition coefficient (Wildman–Crippen LogP) is 3.05. The topological polar surface area (TPSA) is 45.0 Å². The van der Waals surface area contributed by atoms with Crippen LogP contribution in [0.2, 0.25) is 0 Å². The number of nitrogens with one attached hydrogen (secondary N) is 1. The lowest BCUT2D eigenvalue weighted by atomic mass is 10.0. The Morgan fingerprint density at radius 3 is 2.72 bits per heavy atom. The predicted molar refractivity (Wildman–Crippen MR) is 73.6 cm³/mol. The number of para-hydroxylation sites is 1. The van der Waals surface area contributed by atoms with Crippen LogP contribution in [0.4, 0.5) is 0 Å². The van der Waals surface area contributed by atoms with E-state index in [2.05, 4.69) is 18.3 Å². The summed E-state index contributed by atoms with van der Waals surface area (Å²) < 4.78 is 5.72. The van der Waals surface area contributed by atoms with Crippen molar-refractivity contribution in [1.29, 1.82) is 5.26 Å². The van der Waals surface area contributed by atoms with Crippen LogP contribution in [0.3, 0.4) is 0 Å². The summed E-state index contributed by atoms with van der Waals surface area (Å²) >= 11 is 0. The van der Waals surface area contributed by atoms with Crippen molar-refractivity contribution >= 4 is 0 Å². The minimum atomic E-state index is -0.501. The van der Waals surface area contributed by atoms with Crippen LogP contribution in [0.1, 0.15) is 32.3 Å². The van der Waals surface area contributed by atoms with Crippen molar-refractivity contribution < 1.29 is 4.74 Å². The molecule has 0 fully saturated rings. The van der Waals surface area contributed by atoms with E-state index in [1.807, 2.05) is 38.1 Å². The lowest BCUT2D eigenvalue weighted by Gasteiger charge is -2.23. The van der Waals surface area contributed by atoms with Gasteiger partial charge in [-0.05, 0) is 38.4 Å². The minimum Gasteiger partial charge on any atom is -0.493 e. The molecule has 0 radical (unpaired) electrons. The lowest BCUT2D eigenvalue weighted by molar-refractivity contribution is 0.266. The third-order valence-corrected chi connectivity index (χ3v) is 2.97. The van der Waals surface area contributed by atoms with Crippen molar-refractivity contribution in [1.82, 2.24) is 5.32 Å². The maximum atomic E-state index is 9.20. The Hall–Kier alpha value is -1.53. The normalized spacial score (nSPS) is 13.7. The van der Waals surface area contributed by atoms with Gasteiger partial charge < -0.3 is 4.74 Å². The zero-order valence-electron chi connectivity index (χ0n) is 11.5. The molecule has 1 rings (SSSR count). The molecule has 1 atom stereocenters. The molecule has 0 aliphatic heterocycles. The maximum Gasteiger partial charge on any atom is 0.122 e. The summed E-state index contributed by atoms with van der Waals surface area (Å²) in [6, 6.07) is 10.3. The fourth-order valence-electron chi connectivity index (χ4n) is 1.67. The number of benzene rings is 1. The summed E-state index contributed by atoms with van der Waals surface area (Å²) in [6.07, 6.45) is 1.70. The average Bonchev–Trinajstić information content (AvgIpc) is 2.39. The van der Waals surface area contributed by atoms with Crippen molar-refractivity contribution in [2.24, 2.45) is 0 Å². The summed E-state index contributed by atoms with van der Waals surface area (Å²) in [5.74, 6) is 0.897. The highest BCUT2D eigenvalue weighted by atomic mass is 16.5. The largest absolute Gasteiger partial charge is 0.493 e. The van der Waals surface area contributed by atoms with Gasteiger partial charge in [-0.3, -0.25) is 5.32 Å². The molecule has 18 heavy (non-hydrogen) atoms. The number of nitriles is 1. The highest BCUT2D eigenvalue weighted by molar-refractivity contribution is 5.31. The van der Waals surface area contributed by atoms with Gasteiger partial charge in [0.05, 0.1) is 12.7 Å². The van der Waals surface area contributed by atoms with Gasteiger partial charge in [0, 0.05) is 6.42 Å². The third-order valence-electron chi connectivity index (χ3n) is 2.97. The first-order valence-corrected chi connectivity index (χ1v) is 6.46. The molecular formula is C15H22N2O. The van der Waals surface area contributed by atoms with E-state index in [0.717, 1.165) is 24.3 Å². The first-order valence-electron chi connectivity index (χ1n) is 6.46. The van der Waals surface area contributed by atoms with Crippen LogP contribution in [-0.4, -0.2) is 18.7 Å². The molecule has 0 aromatic heterocycles. The van der Waals surface area contributed by atoms with Gasteiger partial charge in [-0.2, -0.15) is 5.26 Å². The van der Waals surface area contributed by atoms with Crippen molar-refractivity contribution in [2.45, 2.75) is 39.2 Å². The van der Waals surface area contributed by atoms with E-state index in [4.69, 9.17) is 4.74 Å². The van der Waals surface area contributed by atoms with Gasteiger partial charge in [-0.25, -0.2) is 0 Å². The summed E-state index contributed by atoms with van der Waals surface area (Å²) in [7, 11) is 0. The number of rotatable bonds is 7.